The van der Waals surface area contributed by atoms with E-state index in [-0.39, 0.29) is 11.8 Å². The van der Waals surface area contributed by atoms with Crippen LogP contribution in [0.1, 0.15) is 40.5 Å². The lowest BCUT2D eigenvalue weighted by molar-refractivity contribution is 0.0747. The summed E-state index contributed by atoms with van der Waals surface area (Å²) in [5.74, 6) is 0.682. The molecule has 1 fully saturated rings. The third-order valence-electron chi connectivity index (χ3n) is 5.19. The minimum absolute atomic E-state index is 0.0254. The molecule has 0 aromatic heterocycles. The van der Waals surface area contributed by atoms with Crippen LogP contribution in [0, 0.1) is 0 Å². The highest BCUT2D eigenvalue weighted by Crippen LogP contribution is 2.21. The minimum atomic E-state index is -0.127. The molecule has 0 atom stereocenters. The standard InChI is InChI=1S/C23H29N3O3/c1-3-4-12-24-22(27)18-6-5-7-19(17-18)23(28)26-15-13-25(14-16-26)20-8-10-21(29-2)11-9-20/h5-11,17H,3-4,12-16H2,1-2H3,(H,24,27). The molecule has 2 amide bonds. The van der Waals surface area contributed by atoms with E-state index < -0.39 is 0 Å². The van der Waals surface area contributed by atoms with Crippen molar-refractivity contribution in [3.05, 3.63) is 59.7 Å². The van der Waals surface area contributed by atoms with Gasteiger partial charge in [0.05, 0.1) is 7.11 Å². The Balaban J connectivity index is 1.58. The molecule has 29 heavy (non-hydrogen) atoms. The monoisotopic (exact) mass is 395 g/mol. The highest BCUT2D eigenvalue weighted by molar-refractivity contribution is 5.99. The lowest BCUT2D eigenvalue weighted by Crippen LogP contribution is -2.48. The lowest BCUT2D eigenvalue weighted by Gasteiger charge is -2.36. The second-order valence-electron chi connectivity index (χ2n) is 7.17. The maximum Gasteiger partial charge on any atom is 0.253 e. The van der Waals surface area contributed by atoms with Crippen molar-refractivity contribution >= 4 is 17.5 Å². The summed E-state index contributed by atoms with van der Waals surface area (Å²) < 4.78 is 5.21. The Hall–Kier alpha value is -3.02. The van der Waals surface area contributed by atoms with Crippen molar-refractivity contribution in [1.29, 1.82) is 0 Å². The zero-order valence-corrected chi connectivity index (χ0v) is 17.2. The van der Waals surface area contributed by atoms with Gasteiger partial charge in [-0.05, 0) is 48.9 Å². The molecule has 1 heterocycles. The maximum absolute atomic E-state index is 12.9. The van der Waals surface area contributed by atoms with Gasteiger partial charge in [-0.3, -0.25) is 9.59 Å². The first-order valence-corrected chi connectivity index (χ1v) is 10.2. The van der Waals surface area contributed by atoms with Crippen LogP contribution in [0.15, 0.2) is 48.5 Å². The Morgan fingerprint density at radius 1 is 1.00 bits per heavy atom. The second-order valence-corrected chi connectivity index (χ2v) is 7.17. The molecule has 154 valence electrons. The molecular formula is C23H29N3O3. The molecule has 2 aromatic rings. The smallest absolute Gasteiger partial charge is 0.253 e. The van der Waals surface area contributed by atoms with E-state index in [4.69, 9.17) is 4.74 Å². The van der Waals surface area contributed by atoms with Crippen molar-refractivity contribution < 1.29 is 14.3 Å². The Kier molecular flexibility index (Phi) is 7.11. The molecular weight excluding hydrogens is 366 g/mol. The molecule has 1 aliphatic rings. The van der Waals surface area contributed by atoms with Crippen molar-refractivity contribution in [2.24, 2.45) is 0 Å². The van der Waals surface area contributed by atoms with Gasteiger partial charge in [0, 0.05) is 49.5 Å². The van der Waals surface area contributed by atoms with Gasteiger partial charge in [0.1, 0.15) is 5.75 Å². The molecule has 1 aliphatic heterocycles. The van der Waals surface area contributed by atoms with Crippen LogP contribution in [0.5, 0.6) is 5.75 Å². The van der Waals surface area contributed by atoms with Gasteiger partial charge in [0.15, 0.2) is 0 Å². The summed E-state index contributed by atoms with van der Waals surface area (Å²) in [7, 11) is 1.66. The van der Waals surface area contributed by atoms with Crippen LogP contribution in [0.2, 0.25) is 0 Å². The number of hydrogen-bond acceptors (Lipinski definition) is 4. The van der Waals surface area contributed by atoms with E-state index >= 15 is 0 Å². The number of nitrogens with one attached hydrogen (secondary N) is 1. The van der Waals surface area contributed by atoms with E-state index in [0.29, 0.717) is 30.8 Å². The number of anilines is 1. The zero-order chi connectivity index (χ0) is 20.6. The van der Waals surface area contributed by atoms with Gasteiger partial charge in [0.2, 0.25) is 0 Å². The topological polar surface area (TPSA) is 61.9 Å². The van der Waals surface area contributed by atoms with E-state index in [2.05, 4.69) is 17.1 Å². The fourth-order valence-corrected chi connectivity index (χ4v) is 3.42. The van der Waals surface area contributed by atoms with Gasteiger partial charge in [0.25, 0.3) is 11.8 Å². The molecule has 2 aromatic carbocycles. The van der Waals surface area contributed by atoms with E-state index in [9.17, 15) is 9.59 Å². The molecule has 6 nitrogen and oxygen atoms in total. The van der Waals surface area contributed by atoms with Crippen molar-refractivity contribution in [3.63, 3.8) is 0 Å². The number of unbranched alkanes of at least 4 members (excludes halogenated alkanes) is 1. The number of amides is 2. The van der Waals surface area contributed by atoms with Crippen LogP contribution < -0.4 is 15.0 Å². The Morgan fingerprint density at radius 3 is 2.34 bits per heavy atom. The summed E-state index contributed by atoms with van der Waals surface area (Å²) >= 11 is 0. The second kappa shape index (κ2) is 9.96. The number of rotatable bonds is 7. The highest BCUT2D eigenvalue weighted by Gasteiger charge is 2.23. The van der Waals surface area contributed by atoms with Crippen molar-refractivity contribution in [3.8, 4) is 5.75 Å². The first kappa shape index (κ1) is 20.7. The largest absolute Gasteiger partial charge is 0.497 e. The van der Waals surface area contributed by atoms with Gasteiger partial charge in [-0.1, -0.05) is 19.4 Å². The van der Waals surface area contributed by atoms with Gasteiger partial charge in [-0.15, -0.1) is 0 Å². The first-order valence-electron chi connectivity index (χ1n) is 10.2. The third kappa shape index (κ3) is 5.28. The predicted octanol–water partition coefficient (Wildman–Crippen LogP) is 3.19. The van der Waals surface area contributed by atoms with Gasteiger partial charge in [-0.25, -0.2) is 0 Å². The molecule has 3 rings (SSSR count). The van der Waals surface area contributed by atoms with Crippen LogP contribution in [0.3, 0.4) is 0 Å². The fraction of sp³-hybridized carbons (Fsp3) is 0.391. The average molecular weight is 396 g/mol. The van der Waals surface area contributed by atoms with Gasteiger partial charge >= 0.3 is 0 Å². The van der Waals surface area contributed by atoms with Crippen molar-refractivity contribution in [1.82, 2.24) is 10.2 Å². The maximum atomic E-state index is 12.9. The highest BCUT2D eigenvalue weighted by atomic mass is 16.5. The SMILES string of the molecule is CCCCNC(=O)c1cccc(C(=O)N2CCN(c3ccc(OC)cc3)CC2)c1. The van der Waals surface area contributed by atoms with E-state index in [1.54, 1.807) is 31.4 Å². The van der Waals surface area contributed by atoms with Crippen LogP contribution >= 0.6 is 0 Å². The van der Waals surface area contributed by atoms with E-state index in [1.165, 1.54) is 0 Å². The number of benzene rings is 2. The molecule has 0 saturated carbocycles. The summed E-state index contributed by atoms with van der Waals surface area (Å²) in [6, 6.07) is 15.0. The fourth-order valence-electron chi connectivity index (χ4n) is 3.42. The molecule has 0 unspecified atom stereocenters. The van der Waals surface area contributed by atoms with Crippen molar-refractivity contribution in [2.45, 2.75) is 19.8 Å². The van der Waals surface area contributed by atoms with E-state index in [1.807, 2.05) is 29.2 Å². The summed E-state index contributed by atoms with van der Waals surface area (Å²) in [4.78, 5) is 29.3. The summed E-state index contributed by atoms with van der Waals surface area (Å²) in [5, 5.41) is 2.90. The van der Waals surface area contributed by atoms with Gasteiger partial charge in [-0.2, -0.15) is 0 Å². The molecule has 0 bridgehead atoms. The summed E-state index contributed by atoms with van der Waals surface area (Å²) in [5.41, 5.74) is 2.22. The third-order valence-corrected chi connectivity index (χ3v) is 5.19. The average Bonchev–Trinajstić information content (AvgIpc) is 2.79. The Labute approximate surface area is 172 Å². The number of methoxy groups -OCH3 is 1. The number of nitrogens with zero attached hydrogens (tertiary/aromatic N) is 2. The molecule has 1 saturated heterocycles. The lowest BCUT2D eigenvalue weighted by atomic mass is 10.1. The minimum Gasteiger partial charge on any atom is -0.497 e. The molecule has 0 spiro atoms. The molecule has 1 N–H and O–H groups in total. The predicted molar refractivity (Wildman–Crippen MR) is 115 cm³/mol. The van der Waals surface area contributed by atoms with E-state index in [0.717, 1.165) is 37.4 Å². The quantitative estimate of drug-likeness (QED) is 0.732. The molecule has 0 radical (unpaired) electrons. The van der Waals surface area contributed by atoms with Crippen LogP contribution in [0.25, 0.3) is 0 Å². The zero-order valence-electron chi connectivity index (χ0n) is 17.2. The first-order chi connectivity index (χ1) is 14.1. The number of hydrogen-bond donors (Lipinski definition) is 1. The number of carbonyl (C=O) groups is 2. The summed E-state index contributed by atoms with van der Waals surface area (Å²) in [6.07, 6.45) is 1.98. The number of ether oxygens (including phenoxy) is 1. The molecule has 0 aliphatic carbocycles. The van der Waals surface area contributed by atoms with Crippen LogP contribution in [0.4, 0.5) is 5.69 Å². The van der Waals surface area contributed by atoms with Crippen LogP contribution in [-0.2, 0) is 0 Å². The van der Waals surface area contributed by atoms with Crippen molar-refractivity contribution in [2.75, 3.05) is 44.7 Å². The molecule has 6 heteroatoms. The normalized spacial score (nSPS) is 13.9. The van der Waals surface area contributed by atoms with Gasteiger partial charge < -0.3 is 19.9 Å². The Morgan fingerprint density at radius 2 is 1.69 bits per heavy atom. The number of piperazine rings is 1. The number of carbonyl (C=O) groups excluding carboxylic acids is 2. The van der Waals surface area contributed by atoms with Crippen LogP contribution in [-0.4, -0.2) is 56.5 Å². The summed E-state index contributed by atoms with van der Waals surface area (Å²) in [6.45, 7) is 5.58. The Bertz CT molecular complexity index is 828.